The van der Waals surface area contributed by atoms with Crippen molar-refractivity contribution in [2.75, 3.05) is 26.2 Å². The summed E-state index contributed by atoms with van der Waals surface area (Å²) in [5.74, 6) is 0.510. The van der Waals surface area contributed by atoms with E-state index in [9.17, 15) is 9.59 Å². The van der Waals surface area contributed by atoms with Crippen molar-refractivity contribution in [3.63, 3.8) is 0 Å². The highest BCUT2D eigenvalue weighted by Crippen LogP contribution is 2.42. The van der Waals surface area contributed by atoms with Crippen LogP contribution in [0, 0.1) is 5.92 Å². The molecule has 0 spiro atoms. The molecule has 2 saturated heterocycles. The number of nitrogens with zero attached hydrogens (tertiary/aromatic N) is 2. The van der Waals surface area contributed by atoms with Crippen molar-refractivity contribution >= 4 is 11.8 Å². The minimum Gasteiger partial charge on any atom is -0.340 e. The van der Waals surface area contributed by atoms with Gasteiger partial charge in [0, 0.05) is 19.1 Å². The number of hydrogen-bond donors (Lipinski definition) is 1. The number of likely N-dealkylation sites (tertiary alicyclic amines) is 1. The highest BCUT2D eigenvalue weighted by atomic mass is 16.2. The van der Waals surface area contributed by atoms with Gasteiger partial charge in [0.2, 0.25) is 11.8 Å². The first-order chi connectivity index (χ1) is 10.0. The number of rotatable bonds is 4. The molecule has 21 heavy (non-hydrogen) atoms. The van der Waals surface area contributed by atoms with Gasteiger partial charge in [0.15, 0.2) is 0 Å². The lowest BCUT2D eigenvalue weighted by molar-refractivity contribution is -0.153. The highest BCUT2D eigenvalue weighted by Gasteiger charge is 2.53. The maximum absolute atomic E-state index is 12.9. The fourth-order valence-corrected chi connectivity index (χ4v) is 3.91. The second kappa shape index (κ2) is 5.59. The Bertz CT molecular complexity index is 427. The summed E-state index contributed by atoms with van der Waals surface area (Å²) in [4.78, 5) is 29.3. The minimum absolute atomic E-state index is 0.0139. The Kier molecular flexibility index (Phi) is 3.95. The van der Waals surface area contributed by atoms with Crippen molar-refractivity contribution in [2.45, 2.75) is 57.5 Å². The van der Waals surface area contributed by atoms with Gasteiger partial charge in [-0.1, -0.05) is 6.92 Å². The SMILES string of the molecule is CCCN1CCC(N2CC(=O)NC(C)(C3CC3)C2=O)CC1. The van der Waals surface area contributed by atoms with Crippen LogP contribution >= 0.6 is 0 Å². The predicted octanol–water partition coefficient (Wildman–Crippen LogP) is 0.988. The molecular weight excluding hydrogens is 266 g/mol. The van der Waals surface area contributed by atoms with Gasteiger partial charge in [0.05, 0.1) is 6.54 Å². The molecule has 1 atom stereocenters. The molecule has 2 amide bonds. The van der Waals surface area contributed by atoms with Crippen LogP contribution in [0.3, 0.4) is 0 Å². The third-order valence-corrected chi connectivity index (χ3v) is 5.35. The van der Waals surface area contributed by atoms with E-state index < -0.39 is 5.54 Å². The Morgan fingerprint density at radius 3 is 2.43 bits per heavy atom. The third-order valence-electron chi connectivity index (χ3n) is 5.35. The van der Waals surface area contributed by atoms with E-state index in [1.165, 1.54) is 6.42 Å². The Balaban J connectivity index is 1.67. The maximum atomic E-state index is 12.9. The average molecular weight is 293 g/mol. The average Bonchev–Trinajstić information content (AvgIpc) is 3.29. The topological polar surface area (TPSA) is 52.6 Å². The van der Waals surface area contributed by atoms with Gasteiger partial charge in [-0.2, -0.15) is 0 Å². The standard InChI is InChI=1S/C16H27N3O2/c1-3-8-18-9-6-13(7-10-18)19-11-14(20)17-16(2,15(19)21)12-4-5-12/h12-13H,3-11H2,1-2H3,(H,17,20). The number of carbonyl (C=O) groups is 2. The quantitative estimate of drug-likeness (QED) is 0.841. The van der Waals surface area contributed by atoms with Gasteiger partial charge in [0.25, 0.3) is 0 Å². The first-order valence-electron chi connectivity index (χ1n) is 8.39. The maximum Gasteiger partial charge on any atom is 0.249 e. The summed E-state index contributed by atoms with van der Waals surface area (Å²) < 4.78 is 0. The van der Waals surface area contributed by atoms with Crippen LogP contribution in [0.4, 0.5) is 0 Å². The van der Waals surface area contributed by atoms with E-state index in [2.05, 4.69) is 17.1 Å². The number of carbonyl (C=O) groups excluding carboxylic acids is 2. The molecule has 1 aliphatic carbocycles. The summed E-state index contributed by atoms with van der Waals surface area (Å²) in [6.45, 7) is 7.60. The van der Waals surface area contributed by atoms with Gasteiger partial charge in [0.1, 0.15) is 5.54 Å². The van der Waals surface area contributed by atoms with E-state index in [1.807, 2.05) is 11.8 Å². The van der Waals surface area contributed by atoms with Crippen LogP contribution in [0.15, 0.2) is 0 Å². The third kappa shape index (κ3) is 2.80. The van der Waals surface area contributed by atoms with E-state index in [4.69, 9.17) is 0 Å². The van der Waals surface area contributed by atoms with Crippen LogP contribution in [0.5, 0.6) is 0 Å². The van der Waals surface area contributed by atoms with Crippen LogP contribution in [-0.4, -0.2) is 59.4 Å². The monoisotopic (exact) mass is 293 g/mol. The summed E-state index contributed by atoms with van der Waals surface area (Å²) in [7, 11) is 0. The normalized spacial score (nSPS) is 32.4. The lowest BCUT2D eigenvalue weighted by Gasteiger charge is -2.45. The highest BCUT2D eigenvalue weighted by molar-refractivity contribution is 5.98. The zero-order valence-corrected chi connectivity index (χ0v) is 13.2. The lowest BCUT2D eigenvalue weighted by Crippen LogP contribution is -2.68. The van der Waals surface area contributed by atoms with Crippen molar-refractivity contribution in [3.8, 4) is 0 Å². The largest absolute Gasteiger partial charge is 0.340 e. The summed E-state index contributed by atoms with van der Waals surface area (Å²) in [5.41, 5.74) is -0.643. The smallest absolute Gasteiger partial charge is 0.249 e. The number of hydrogen-bond acceptors (Lipinski definition) is 3. The molecule has 2 aliphatic heterocycles. The van der Waals surface area contributed by atoms with Crippen molar-refractivity contribution in [2.24, 2.45) is 5.92 Å². The van der Waals surface area contributed by atoms with Gasteiger partial charge in [-0.05, 0) is 51.5 Å². The zero-order valence-electron chi connectivity index (χ0n) is 13.2. The first kappa shape index (κ1) is 14.8. The molecule has 1 unspecified atom stereocenters. The van der Waals surface area contributed by atoms with Crippen molar-refractivity contribution in [3.05, 3.63) is 0 Å². The van der Waals surface area contributed by atoms with E-state index in [0.717, 1.165) is 45.3 Å². The molecule has 2 heterocycles. The van der Waals surface area contributed by atoms with Crippen molar-refractivity contribution in [1.82, 2.24) is 15.1 Å². The molecule has 5 heteroatoms. The number of nitrogens with one attached hydrogen (secondary N) is 1. The zero-order chi connectivity index (χ0) is 15.0. The molecule has 118 valence electrons. The fourth-order valence-electron chi connectivity index (χ4n) is 3.91. The molecule has 3 aliphatic rings. The van der Waals surface area contributed by atoms with E-state index in [0.29, 0.717) is 5.92 Å². The molecule has 0 aromatic rings. The van der Waals surface area contributed by atoms with Crippen LogP contribution in [0.1, 0.15) is 46.0 Å². The van der Waals surface area contributed by atoms with E-state index in [-0.39, 0.29) is 24.4 Å². The van der Waals surface area contributed by atoms with E-state index >= 15 is 0 Å². The second-order valence-corrected chi connectivity index (χ2v) is 7.03. The first-order valence-corrected chi connectivity index (χ1v) is 8.39. The Morgan fingerprint density at radius 2 is 1.86 bits per heavy atom. The number of piperazine rings is 1. The molecule has 3 fully saturated rings. The molecular formula is C16H27N3O2. The molecule has 1 saturated carbocycles. The minimum atomic E-state index is -0.643. The molecule has 5 nitrogen and oxygen atoms in total. The molecule has 1 N–H and O–H groups in total. The summed E-state index contributed by atoms with van der Waals surface area (Å²) in [6.07, 6.45) is 5.30. The molecule has 0 bridgehead atoms. The van der Waals surface area contributed by atoms with Crippen LogP contribution in [0.25, 0.3) is 0 Å². The van der Waals surface area contributed by atoms with Gasteiger partial charge in [-0.25, -0.2) is 0 Å². The Hall–Kier alpha value is -1.10. The molecule has 0 radical (unpaired) electrons. The number of amides is 2. The van der Waals surface area contributed by atoms with Crippen LogP contribution in [0.2, 0.25) is 0 Å². The second-order valence-electron chi connectivity index (χ2n) is 7.03. The fraction of sp³-hybridized carbons (Fsp3) is 0.875. The lowest BCUT2D eigenvalue weighted by atomic mass is 9.89. The van der Waals surface area contributed by atoms with Gasteiger partial charge in [-0.3, -0.25) is 9.59 Å². The summed E-state index contributed by atoms with van der Waals surface area (Å²) in [5, 5.41) is 2.96. The Labute approximate surface area is 127 Å². The molecule has 0 aromatic carbocycles. The van der Waals surface area contributed by atoms with Crippen molar-refractivity contribution < 1.29 is 9.59 Å². The van der Waals surface area contributed by atoms with Crippen molar-refractivity contribution in [1.29, 1.82) is 0 Å². The molecule has 3 rings (SSSR count). The van der Waals surface area contributed by atoms with Gasteiger partial charge in [-0.15, -0.1) is 0 Å². The summed E-state index contributed by atoms with van der Waals surface area (Å²) >= 11 is 0. The van der Waals surface area contributed by atoms with Gasteiger partial charge < -0.3 is 15.1 Å². The molecule has 0 aromatic heterocycles. The van der Waals surface area contributed by atoms with E-state index in [1.54, 1.807) is 0 Å². The predicted molar refractivity (Wildman–Crippen MR) is 80.7 cm³/mol. The van der Waals surface area contributed by atoms with Crippen LogP contribution in [-0.2, 0) is 9.59 Å². The van der Waals surface area contributed by atoms with Gasteiger partial charge >= 0.3 is 0 Å². The number of piperidine rings is 1. The van der Waals surface area contributed by atoms with Crippen LogP contribution < -0.4 is 5.32 Å². The Morgan fingerprint density at radius 1 is 1.19 bits per heavy atom. The summed E-state index contributed by atoms with van der Waals surface area (Å²) in [6, 6.07) is 0.245.